The number of rotatable bonds is 10. The molecule has 1 N–H and O–H groups in total. The molecule has 222 valence electrons. The highest BCUT2D eigenvalue weighted by molar-refractivity contribution is 5.80. The van der Waals surface area contributed by atoms with Crippen LogP contribution in [-0.2, 0) is 17.8 Å². The molecule has 3 aromatic carbocycles. The minimum atomic E-state index is -0.106. The van der Waals surface area contributed by atoms with Crippen LogP contribution in [0.15, 0.2) is 77.6 Å². The molecule has 0 aliphatic carbocycles. The zero-order valence-corrected chi connectivity index (χ0v) is 24.7. The van der Waals surface area contributed by atoms with Gasteiger partial charge >= 0.3 is 0 Å². The van der Waals surface area contributed by atoms with Crippen LogP contribution in [0.25, 0.3) is 16.7 Å². The fraction of sp³-hybridized carbons (Fsp3) is 0.333. The van der Waals surface area contributed by atoms with Crippen molar-refractivity contribution in [2.45, 2.75) is 26.3 Å². The van der Waals surface area contributed by atoms with Crippen molar-refractivity contribution in [1.29, 1.82) is 0 Å². The highest BCUT2D eigenvalue weighted by Gasteiger charge is 2.19. The van der Waals surface area contributed by atoms with Gasteiger partial charge in [-0.3, -0.25) is 23.5 Å². The summed E-state index contributed by atoms with van der Waals surface area (Å²) in [6, 6.07) is 23.8. The van der Waals surface area contributed by atoms with Crippen molar-refractivity contribution < 1.29 is 9.53 Å². The number of hydrogen-bond acceptors (Lipinski definition) is 7. The summed E-state index contributed by atoms with van der Waals surface area (Å²) >= 11 is 0. The van der Waals surface area contributed by atoms with Crippen molar-refractivity contribution in [3.05, 3.63) is 100 Å². The molecule has 5 aromatic rings. The molecule has 3 heterocycles. The minimum absolute atomic E-state index is 0.0223. The highest BCUT2D eigenvalue weighted by Crippen LogP contribution is 2.21. The van der Waals surface area contributed by atoms with Crippen LogP contribution in [0.2, 0.25) is 0 Å². The molecule has 1 aliphatic rings. The predicted octanol–water partition coefficient (Wildman–Crippen LogP) is 3.28. The number of methoxy groups -OCH3 is 1. The molecule has 6 rings (SSSR count). The van der Waals surface area contributed by atoms with Crippen LogP contribution < -0.4 is 20.5 Å². The van der Waals surface area contributed by atoms with Crippen LogP contribution in [0.4, 0.5) is 5.69 Å². The summed E-state index contributed by atoms with van der Waals surface area (Å²) in [6.07, 6.45) is 0.706. The Hall–Kier alpha value is -4.70. The largest absolute Gasteiger partial charge is 0.497 e. The van der Waals surface area contributed by atoms with Crippen LogP contribution in [0.5, 0.6) is 5.75 Å². The van der Waals surface area contributed by atoms with Gasteiger partial charge in [-0.1, -0.05) is 42.0 Å². The normalized spacial score (nSPS) is 14.0. The minimum Gasteiger partial charge on any atom is -0.497 e. The van der Waals surface area contributed by atoms with E-state index in [1.165, 1.54) is 5.69 Å². The van der Waals surface area contributed by atoms with Crippen LogP contribution in [0.1, 0.15) is 23.4 Å². The second-order valence-electron chi connectivity index (χ2n) is 11.0. The molecule has 1 saturated heterocycles. The number of aryl methyl sites for hydroxylation is 2. The topological polar surface area (TPSA) is 97.0 Å². The van der Waals surface area contributed by atoms with Crippen molar-refractivity contribution >= 4 is 28.3 Å². The van der Waals surface area contributed by atoms with E-state index in [1.54, 1.807) is 11.7 Å². The van der Waals surface area contributed by atoms with E-state index in [0.717, 1.165) is 55.1 Å². The number of piperazine rings is 1. The number of carbonyl (C=O) groups excluding carboxylic acids is 1. The number of aromatic nitrogens is 4. The maximum absolute atomic E-state index is 13.5. The fourth-order valence-corrected chi connectivity index (χ4v) is 5.68. The van der Waals surface area contributed by atoms with Crippen LogP contribution >= 0.6 is 0 Å². The first-order valence-electron chi connectivity index (χ1n) is 14.8. The average molecular weight is 580 g/mol. The van der Waals surface area contributed by atoms with E-state index in [1.807, 2.05) is 72.0 Å². The quantitative estimate of drug-likeness (QED) is 0.271. The Balaban J connectivity index is 1.06. The molecular weight excluding hydrogens is 542 g/mol. The van der Waals surface area contributed by atoms with Gasteiger partial charge in [0.1, 0.15) is 11.6 Å². The third-order valence-corrected chi connectivity index (χ3v) is 8.17. The second-order valence-corrected chi connectivity index (χ2v) is 11.0. The molecule has 0 unspecified atom stereocenters. The lowest BCUT2D eigenvalue weighted by Crippen LogP contribution is -2.48. The van der Waals surface area contributed by atoms with Crippen LogP contribution in [0.3, 0.4) is 0 Å². The number of para-hydroxylation sites is 1. The molecular formula is C33H37N7O3. The van der Waals surface area contributed by atoms with E-state index < -0.39 is 0 Å². The Morgan fingerprint density at radius 2 is 1.67 bits per heavy atom. The summed E-state index contributed by atoms with van der Waals surface area (Å²) in [5.41, 5.74) is 4.02. The maximum atomic E-state index is 13.5. The van der Waals surface area contributed by atoms with E-state index in [4.69, 9.17) is 4.74 Å². The number of nitrogens with zero attached hydrogens (tertiary/aromatic N) is 6. The lowest BCUT2D eigenvalue weighted by molar-refractivity contribution is -0.121. The molecule has 43 heavy (non-hydrogen) atoms. The number of anilines is 1. The Morgan fingerprint density at radius 1 is 0.930 bits per heavy atom. The second kappa shape index (κ2) is 12.7. The number of hydrogen-bond donors (Lipinski definition) is 1. The van der Waals surface area contributed by atoms with Crippen LogP contribution in [-0.4, -0.2) is 76.4 Å². The molecule has 1 fully saturated rings. The number of benzene rings is 3. The molecule has 0 atom stereocenters. The van der Waals surface area contributed by atoms with E-state index in [0.29, 0.717) is 36.5 Å². The smallest absolute Gasteiger partial charge is 0.263 e. The van der Waals surface area contributed by atoms with Gasteiger partial charge in [-0.25, -0.2) is 0 Å². The highest BCUT2D eigenvalue weighted by atomic mass is 16.5. The van der Waals surface area contributed by atoms with Gasteiger partial charge in [-0.05, 0) is 48.9 Å². The molecule has 0 radical (unpaired) electrons. The van der Waals surface area contributed by atoms with Gasteiger partial charge in [0.15, 0.2) is 0 Å². The third kappa shape index (κ3) is 6.24. The summed E-state index contributed by atoms with van der Waals surface area (Å²) in [5.74, 6) is 1.98. The zero-order chi connectivity index (χ0) is 29.8. The predicted molar refractivity (Wildman–Crippen MR) is 168 cm³/mol. The van der Waals surface area contributed by atoms with Crippen molar-refractivity contribution in [1.82, 2.24) is 29.4 Å². The van der Waals surface area contributed by atoms with Gasteiger partial charge in [0.25, 0.3) is 5.56 Å². The van der Waals surface area contributed by atoms with E-state index >= 15 is 0 Å². The molecule has 1 aliphatic heterocycles. The Labute approximate surface area is 250 Å². The van der Waals surface area contributed by atoms with Gasteiger partial charge in [-0.2, -0.15) is 0 Å². The van der Waals surface area contributed by atoms with Gasteiger partial charge in [0.2, 0.25) is 11.7 Å². The van der Waals surface area contributed by atoms with Crippen LogP contribution in [0, 0.1) is 6.92 Å². The van der Waals surface area contributed by atoms with Crippen molar-refractivity contribution in [3.8, 4) is 5.75 Å². The number of carbonyl (C=O) groups is 1. The first kappa shape index (κ1) is 28.4. The van der Waals surface area contributed by atoms with Crippen molar-refractivity contribution in [2.24, 2.45) is 0 Å². The number of amides is 1. The number of ether oxygens (including phenoxy) is 1. The van der Waals surface area contributed by atoms with Gasteiger partial charge < -0.3 is 15.0 Å². The SMILES string of the molecule is COc1ccc(N2CCN(CCNC(=O)CCc3nnc4n(Cc5ccc(C)cc5)c(=O)c5ccccc5n34)CC2)cc1. The average Bonchev–Trinajstić information content (AvgIpc) is 3.47. The summed E-state index contributed by atoms with van der Waals surface area (Å²) in [5, 5.41) is 12.5. The van der Waals surface area contributed by atoms with E-state index in [9.17, 15) is 9.59 Å². The molecule has 2 aromatic heterocycles. The Morgan fingerprint density at radius 3 is 2.42 bits per heavy atom. The van der Waals surface area contributed by atoms with Crippen molar-refractivity contribution in [3.63, 3.8) is 0 Å². The summed E-state index contributed by atoms with van der Waals surface area (Å²) in [7, 11) is 1.68. The number of nitrogens with one attached hydrogen (secondary N) is 1. The number of fused-ring (bicyclic) bond motifs is 3. The van der Waals surface area contributed by atoms with Crippen molar-refractivity contribution in [2.75, 3.05) is 51.3 Å². The molecule has 0 spiro atoms. The molecule has 0 saturated carbocycles. The fourth-order valence-electron chi connectivity index (χ4n) is 5.68. The van der Waals surface area contributed by atoms with E-state index in [-0.39, 0.29) is 17.9 Å². The lowest BCUT2D eigenvalue weighted by Gasteiger charge is -2.36. The molecule has 1 amide bonds. The third-order valence-electron chi connectivity index (χ3n) is 8.17. The van der Waals surface area contributed by atoms with Gasteiger partial charge in [-0.15, -0.1) is 10.2 Å². The monoisotopic (exact) mass is 579 g/mol. The molecule has 0 bridgehead atoms. The molecule has 10 nitrogen and oxygen atoms in total. The Kier molecular flexibility index (Phi) is 8.37. The first-order valence-corrected chi connectivity index (χ1v) is 14.8. The summed E-state index contributed by atoms with van der Waals surface area (Å²) in [6.45, 7) is 7.63. The maximum Gasteiger partial charge on any atom is 0.263 e. The standard InChI is InChI=1S/C33H37N7O3/c1-24-7-9-25(10-8-24)23-39-32(42)28-5-3-4-6-29(28)40-30(35-36-33(39)40)15-16-31(41)34-17-18-37-19-21-38(22-20-37)26-11-13-27(43-2)14-12-26/h3-14H,15-23H2,1-2H3,(H,34,41). The summed E-state index contributed by atoms with van der Waals surface area (Å²) < 4.78 is 8.84. The van der Waals surface area contributed by atoms with Gasteiger partial charge in [0, 0.05) is 57.8 Å². The zero-order valence-electron chi connectivity index (χ0n) is 24.7. The Bertz CT molecular complexity index is 1770. The lowest BCUT2D eigenvalue weighted by atomic mass is 10.1. The molecule has 10 heteroatoms. The first-order chi connectivity index (χ1) is 21.0. The van der Waals surface area contributed by atoms with E-state index in [2.05, 4.69) is 37.4 Å². The summed E-state index contributed by atoms with van der Waals surface area (Å²) in [4.78, 5) is 31.0. The van der Waals surface area contributed by atoms with Gasteiger partial charge in [0.05, 0.1) is 24.6 Å².